The van der Waals surface area contributed by atoms with Gasteiger partial charge in [0.05, 0.1) is 0 Å². The first-order chi connectivity index (χ1) is 13.2. The van der Waals surface area contributed by atoms with E-state index < -0.39 is 0 Å². The van der Waals surface area contributed by atoms with E-state index in [2.05, 4.69) is 22.3 Å². The third-order valence-electron chi connectivity index (χ3n) is 5.99. The second-order valence-electron chi connectivity index (χ2n) is 7.99. The molecule has 2 heterocycles. The molecule has 0 aliphatic carbocycles. The maximum atomic E-state index is 12.9. The summed E-state index contributed by atoms with van der Waals surface area (Å²) >= 11 is 0. The van der Waals surface area contributed by atoms with Crippen LogP contribution in [0.15, 0.2) is 30.3 Å². The van der Waals surface area contributed by atoms with Crippen molar-refractivity contribution in [1.29, 1.82) is 0 Å². The van der Waals surface area contributed by atoms with Crippen LogP contribution in [0, 0.1) is 11.8 Å². The first-order valence-corrected chi connectivity index (χ1v) is 10.4. The minimum Gasteiger partial charge on any atom is -0.343 e. The Balaban J connectivity index is 0.00000280. The number of piperidine rings is 2. The van der Waals surface area contributed by atoms with E-state index in [-0.39, 0.29) is 24.2 Å². The van der Waals surface area contributed by atoms with E-state index in [0.29, 0.717) is 18.2 Å². The molecule has 5 nitrogen and oxygen atoms in total. The number of carbonyl (C=O) groups excluding carboxylic acids is 2. The van der Waals surface area contributed by atoms with Crippen LogP contribution < -0.4 is 5.32 Å². The predicted octanol–water partition coefficient (Wildman–Crippen LogP) is 2.74. The SMILES string of the molecule is CNCC1CCCN(C(=O)C2CCN(C(=O)CCc3ccccc3)CC2)C1.Cl. The Kier molecular flexibility index (Phi) is 9.26. The maximum absolute atomic E-state index is 12.9. The Morgan fingerprint density at radius 2 is 1.75 bits per heavy atom. The molecule has 1 aromatic rings. The van der Waals surface area contributed by atoms with Gasteiger partial charge in [-0.2, -0.15) is 0 Å². The summed E-state index contributed by atoms with van der Waals surface area (Å²) in [4.78, 5) is 29.4. The molecule has 1 atom stereocenters. The summed E-state index contributed by atoms with van der Waals surface area (Å²) in [5.41, 5.74) is 1.21. The molecule has 0 bridgehead atoms. The van der Waals surface area contributed by atoms with Crippen molar-refractivity contribution in [3.05, 3.63) is 35.9 Å². The Bertz CT molecular complexity index is 615. The zero-order valence-corrected chi connectivity index (χ0v) is 17.8. The van der Waals surface area contributed by atoms with Crippen LogP contribution in [0.25, 0.3) is 0 Å². The van der Waals surface area contributed by atoms with Gasteiger partial charge in [-0.25, -0.2) is 0 Å². The van der Waals surface area contributed by atoms with Gasteiger partial charge in [0.25, 0.3) is 0 Å². The molecule has 0 radical (unpaired) electrons. The molecule has 0 saturated carbocycles. The third kappa shape index (κ3) is 6.21. The first kappa shape index (κ1) is 22.7. The van der Waals surface area contributed by atoms with Gasteiger partial charge in [-0.05, 0) is 57.2 Å². The third-order valence-corrected chi connectivity index (χ3v) is 5.99. The molecule has 1 N–H and O–H groups in total. The van der Waals surface area contributed by atoms with Crippen molar-refractivity contribution in [3.8, 4) is 0 Å². The number of amides is 2. The van der Waals surface area contributed by atoms with Gasteiger partial charge in [-0.1, -0.05) is 30.3 Å². The number of nitrogens with one attached hydrogen (secondary N) is 1. The molecule has 2 fully saturated rings. The largest absolute Gasteiger partial charge is 0.343 e. The second kappa shape index (κ2) is 11.4. The molecule has 28 heavy (non-hydrogen) atoms. The lowest BCUT2D eigenvalue weighted by molar-refractivity contribution is -0.142. The number of hydrogen-bond donors (Lipinski definition) is 1. The van der Waals surface area contributed by atoms with E-state index in [0.717, 1.165) is 58.4 Å². The van der Waals surface area contributed by atoms with E-state index >= 15 is 0 Å². The lowest BCUT2D eigenvalue weighted by Gasteiger charge is -2.38. The van der Waals surface area contributed by atoms with Crippen LogP contribution in [0.4, 0.5) is 0 Å². The molecular weight excluding hydrogens is 374 g/mol. The predicted molar refractivity (Wildman–Crippen MR) is 115 cm³/mol. The van der Waals surface area contributed by atoms with Crippen LogP contribution in [0.1, 0.15) is 37.7 Å². The quantitative estimate of drug-likeness (QED) is 0.788. The van der Waals surface area contributed by atoms with Gasteiger partial charge in [0.2, 0.25) is 11.8 Å². The lowest BCUT2D eigenvalue weighted by atomic mass is 9.92. The van der Waals surface area contributed by atoms with Crippen molar-refractivity contribution in [3.63, 3.8) is 0 Å². The minimum atomic E-state index is 0. The number of rotatable bonds is 6. The Morgan fingerprint density at radius 3 is 2.43 bits per heavy atom. The average Bonchev–Trinajstić information content (AvgIpc) is 2.73. The molecule has 156 valence electrons. The Labute approximate surface area is 175 Å². The highest BCUT2D eigenvalue weighted by Gasteiger charge is 2.32. The van der Waals surface area contributed by atoms with Gasteiger partial charge >= 0.3 is 0 Å². The summed E-state index contributed by atoms with van der Waals surface area (Å²) in [5.74, 6) is 1.20. The van der Waals surface area contributed by atoms with Crippen LogP contribution in [-0.2, 0) is 16.0 Å². The van der Waals surface area contributed by atoms with Crippen molar-refractivity contribution in [2.24, 2.45) is 11.8 Å². The van der Waals surface area contributed by atoms with Crippen molar-refractivity contribution in [2.45, 2.75) is 38.5 Å². The molecular formula is C22H34ClN3O2. The molecule has 2 aliphatic rings. The summed E-state index contributed by atoms with van der Waals surface area (Å²) in [7, 11) is 1.98. The van der Waals surface area contributed by atoms with Crippen LogP contribution in [0.5, 0.6) is 0 Å². The maximum Gasteiger partial charge on any atom is 0.225 e. The molecule has 2 amide bonds. The van der Waals surface area contributed by atoms with E-state index in [4.69, 9.17) is 0 Å². The summed E-state index contributed by atoms with van der Waals surface area (Å²) < 4.78 is 0. The molecule has 6 heteroatoms. The zero-order valence-electron chi connectivity index (χ0n) is 16.9. The van der Waals surface area contributed by atoms with Crippen molar-refractivity contribution >= 4 is 24.2 Å². The van der Waals surface area contributed by atoms with E-state index in [1.807, 2.05) is 30.1 Å². The highest BCUT2D eigenvalue weighted by Crippen LogP contribution is 2.24. The topological polar surface area (TPSA) is 52.7 Å². The number of halogens is 1. The molecule has 1 unspecified atom stereocenters. The van der Waals surface area contributed by atoms with Gasteiger partial charge in [-0.15, -0.1) is 12.4 Å². The normalized spacial score (nSPS) is 20.5. The zero-order chi connectivity index (χ0) is 19.1. The molecule has 0 aromatic heterocycles. The van der Waals surface area contributed by atoms with E-state index in [1.165, 1.54) is 12.0 Å². The number of nitrogens with zero attached hydrogens (tertiary/aromatic N) is 2. The van der Waals surface area contributed by atoms with Gasteiger partial charge in [-0.3, -0.25) is 9.59 Å². The Hall–Kier alpha value is -1.59. The summed E-state index contributed by atoms with van der Waals surface area (Å²) in [6, 6.07) is 10.2. The number of benzene rings is 1. The molecule has 2 saturated heterocycles. The number of likely N-dealkylation sites (tertiary alicyclic amines) is 2. The average molecular weight is 408 g/mol. The fourth-order valence-corrected chi connectivity index (χ4v) is 4.41. The van der Waals surface area contributed by atoms with Crippen molar-refractivity contribution < 1.29 is 9.59 Å². The molecule has 2 aliphatic heterocycles. The van der Waals surface area contributed by atoms with Gasteiger partial charge in [0.1, 0.15) is 0 Å². The lowest BCUT2D eigenvalue weighted by Crippen LogP contribution is -2.48. The monoisotopic (exact) mass is 407 g/mol. The van der Waals surface area contributed by atoms with Gasteiger partial charge < -0.3 is 15.1 Å². The molecule has 0 spiro atoms. The highest BCUT2D eigenvalue weighted by molar-refractivity contribution is 5.85. The highest BCUT2D eigenvalue weighted by atomic mass is 35.5. The first-order valence-electron chi connectivity index (χ1n) is 10.4. The summed E-state index contributed by atoms with van der Waals surface area (Å²) in [6.45, 7) is 4.21. The number of aryl methyl sites for hydroxylation is 1. The molecule has 3 rings (SSSR count). The van der Waals surface area contributed by atoms with Crippen molar-refractivity contribution in [2.75, 3.05) is 39.8 Å². The number of carbonyl (C=O) groups is 2. The van der Waals surface area contributed by atoms with Crippen LogP contribution in [0.3, 0.4) is 0 Å². The van der Waals surface area contributed by atoms with Crippen LogP contribution >= 0.6 is 12.4 Å². The van der Waals surface area contributed by atoms with Crippen molar-refractivity contribution in [1.82, 2.24) is 15.1 Å². The van der Waals surface area contributed by atoms with Crippen LogP contribution in [0.2, 0.25) is 0 Å². The van der Waals surface area contributed by atoms with E-state index in [9.17, 15) is 9.59 Å². The standard InChI is InChI=1S/C22H33N3O2.ClH/c1-23-16-19-8-5-13-25(17-19)22(27)20-11-14-24(15-12-20)21(26)10-9-18-6-3-2-4-7-18;/h2-4,6-7,19-20,23H,5,8-17H2,1H3;1H. The van der Waals surface area contributed by atoms with Gasteiger partial charge in [0, 0.05) is 38.5 Å². The summed E-state index contributed by atoms with van der Waals surface area (Å²) in [6.07, 6.45) is 5.28. The number of hydrogen-bond acceptors (Lipinski definition) is 3. The van der Waals surface area contributed by atoms with Gasteiger partial charge in [0.15, 0.2) is 0 Å². The smallest absolute Gasteiger partial charge is 0.225 e. The second-order valence-corrected chi connectivity index (χ2v) is 7.99. The summed E-state index contributed by atoms with van der Waals surface area (Å²) in [5, 5.41) is 3.24. The van der Waals surface area contributed by atoms with Crippen LogP contribution in [-0.4, -0.2) is 61.4 Å². The Morgan fingerprint density at radius 1 is 1.04 bits per heavy atom. The fraction of sp³-hybridized carbons (Fsp3) is 0.636. The molecule has 1 aromatic carbocycles. The van der Waals surface area contributed by atoms with E-state index in [1.54, 1.807) is 0 Å². The fourth-order valence-electron chi connectivity index (χ4n) is 4.41. The minimum absolute atomic E-state index is 0.